The number of nitrogens with one attached hydrogen (secondary N) is 1. The van der Waals surface area contributed by atoms with Gasteiger partial charge in [0.2, 0.25) is 5.75 Å². The van der Waals surface area contributed by atoms with Crippen molar-refractivity contribution in [3.8, 4) is 23.0 Å². The smallest absolute Gasteiger partial charge is 0.203 e. The Morgan fingerprint density at radius 1 is 0.830 bits per heavy atom. The standard InChI is InChI=1S/C36H49N3O5S.2ClH/c1-6-36(39(40)27(2)29-13-7-10-16-34(29)45-36)30-14-8-9-15-31(30)44-24-12-11-18-37-20-22-38(23-21-37)19-17-28-25-32(41-3)35(43-5)33(26-28)42-4;;/h7-10,13-16,25-27,39H,6,11-12,17-24H2,1-5H3;2*1H. The number of hydrogen-bond acceptors (Lipinski definition) is 8. The molecule has 2 heterocycles. The van der Waals surface area contributed by atoms with Crippen molar-refractivity contribution in [1.82, 2.24) is 9.80 Å². The van der Waals surface area contributed by atoms with Crippen LogP contribution in [0.3, 0.4) is 0 Å². The van der Waals surface area contributed by atoms with Gasteiger partial charge in [0.25, 0.3) is 0 Å². The van der Waals surface area contributed by atoms with Gasteiger partial charge in [-0.25, -0.2) is 0 Å². The Bertz CT molecular complexity index is 1390. The summed E-state index contributed by atoms with van der Waals surface area (Å²) in [4.78, 5) is 5.66. The van der Waals surface area contributed by atoms with Crippen LogP contribution in [0.25, 0.3) is 0 Å². The van der Waals surface area contributed by atoms with Crippen LogP contribution in [0.2, 0.25) is 0 Å². The van der Waals surface area contributed by atoms with Gasteiger partial charge in [-0.3, -0.25) is 0 Å². The van der Waals surface area contributed by atoms with Crippen molar-refractivity contribution < 1.29 is 24.0 Å². The third-order valence-corrected chi connectivity index (χ3v) is 11.0. The fraction of sp³-hybridized carbons (Fsp3) is 0.500. The summed E-state index contributed by atoms with van der Waals surface area (Å²) in [5, 5.41) is 14.1. The topological polar surface area (TPSA) is 70.9 Å². The molecule has 47 heavy (non-hydrogen) atoms. The van der Waals surface area contributed by atoms with Crippen molar-refractivity contribution in [3.05, 3.63) is 82.6 Å². The van der Waals surface area contributed by atoms with E-state index < -0.39 is 4.87 Å². The van der Waals surface area contributed by atoms with Crippen LogP contribution in [0, 0.1) is 5.21 Å². The van der Waals surface area contributed by atoms with Crippen molar-refractivity contribution in [2.45, 2.75) is 55.3 Å². The highest BCUT2D eigenvalue weighted by molar-refractivity contribution is 8.00. The molecule has 11 heteroatoms. The second-order valence-electron chi connectivity index (χ2n) is 11.9. The van der Waals surface area contributed by atoms with E-state index in [4.69, 9.17) is 18.9 Å². The van der Waals surface area contributed by atoms with Crippen LogP contribution in [0.4, 0.5) is 0 Å². The maximum Gasteiger partial charge on any atom is 0.203 e. The summed E-state index contributed by atoms with van der Waals surface area (Å²) in [6, 6.07) is 20.4. The molecule has 0 spiro atoms. The number of fused-ring (bicyclic) bond motifs is 1. The number of unbranched alkanes of at least 4 members (excludes halogenated alkanes) is 1. The van der Waals surface area contributed by atoms with Crippen LogP contribution >= 0.6 is 36.6 Å². The number of para-hydroxylation sites is 1. The highest BCUT2D eigenvalue weighted by Crippen LogP contribution is 2.48. The van der Waals surface area contributed by atoms with E-state index in [1.807, 2.05) is 43.3 Å². The molecule has 3 atom stereocenters. The van der Waals surface area contributed by atoms with Crippen LogP contribution in [-0.2, 0) is 11.3 Å². The molecule has 0 bridgehead atoms. The molecule has 3 unspecified atom stereocenters. The molecule has 1 N–H and O–H groups in total. The molecule has 1 saturated heterocycles. The highest BCUT2D eigenvalue weighted by atomic mass is 35.5. The van der Waals surface area contributed by atoms with Gasteiger partial charge in [-0.1, -0.05) is 49.0 Å². The molecule has 8 nitrogen and oxygen atoms in total. The minimum absolute atomic E-state index is 0. The van der Waals surface area contributed by atoms with Gasteiger partial charge in [0.1, 0.15) is 11.8 Å². The Balaban J connectivity index is 0.00000300. The summed E-state index contributed by atoms with van der Waals surface area (Å²) in [5.74, 6) is 2.88. The molecule has 0 aliphatic carbocycles. The van der Waals surface area contributed by atoms with Gasteiger partial charge in [0.05, 0.1) is 33.5 Å². The van der Waals surface area contributed by atoms with Crippen LogP contribution < -0.4 is 24.0 Å². The predicted octanol–water partition coefficient (Wildman–Crippen LogP) is 6.39. The molecule has 3 aromatic rings. The largest absolute Gasteiger partial charge is 0.633 e. The molecule has 2 aliphatic heterocycles. The maximum absolute atomic E-state index is 13.9. The Kier molecular flexibility index (Phi) is 15.3. The fourth-order valence-electron chi connectivity index (χ4n) is 6.63. The Morgan fingerprint density at radius 3 is 2.09 bits per heavy atom. The van der Waals surface area contributed by atoms with Gasteiger partial charge >= 0.3 is 0 Å². The number of hydroxylamine groups is 2. The lowest BCUT2D eigenvalue weighted by Gasteiger charge is -2.49. The van der Waals surface area contributed by atoms with E-state index in [2.05, 4.69) is 41.0 Å². The van der Waals surface area contributed by atoms with Gasteiger partial charge in [0, 0.05) is 49.6 Å². The molecular formula is C36H51Cl2N3O5S. The minimum atomic E-state index is -0.629. The molecule has 0 amide bonds. The minimum Gasteiger partial charge on any atom is -0.633 e. The number of benzene rings is 3. The molecule has 260 valence electrons. The van der Waals surface area contributed by atoms with Gasteiger partial charge in [0.15, 0.2) is 16.4 Å². The SMILES string of the molecule is CCC1(c2ccccc2OCCCCN2CCN(CCc3cc(OC)c(OC)c(OC)c3)CC2)Sc2ccccc2C(C)[NH+]1[O-].Cl.Cl. The third-order valence-electron chi connectivity index (χ3n) is 9.31. The monoisotopic (exact) mass is 707 g/mol. The van der Waals surface area contributed by atoms with Crippen LogP contribution in [0.1, 0.15) is 55.8 Å². The highest BCUT2D eigenvalue weighted by Gasteiger charge is 2.47. The van der Waals surface area contributed by atoms with Crippen molar-refractivity contribution >= 4 is 36.6 Å². The second-order valence-corrected chi connectivity index (χ2v) is 13.3. The first-order valence-electron chi connectivity index (χ1n) is 16.2. The number of quaternary nitrogens is 1. The zero-order chi connectivity index (χ0) is 31.8. The quantitative estimate of drug-likeness (QED) is 0.153. The van der Waals surface area contributed by atoms with E-state index in [1.165, 1.54) is 10.5 Å². The third kappa shape index (κ3) is 8.81. The number of halogens is 2. The molecule has 2 aliphatic rings. The first kappa shape index (κ1) is 39.1. The van der Waals surface area contributed by atoms with Crippen molar-refractivity contribution in [2.24, 2.45) is 0 Å². The predicted molar refractivity (Wildman–Crippen MR) is 195 cm³/mol. The zero-order valence-electron chi connectivity index (χ0n) is 28.3. The zero-order valence-corrected chi connectivity index (χ0v) is 30.7. The average molecular weight is 709 g/mol. The van der Waals surface area contributed by atoms with Gasteiger partial charge < -0.3 is 39.0 Å². The summed E-state index contributed by atoms with van der Waals surface area (Å²) < 4.78 is 22.9. The first-order chi connectivity index (χ1) is 21.9. The lowest BCUT2D eigenvalue weighted by Crippen LogP contribution is -3.14. The van der Waals surface area contributed by atoms with Crippen molar-refractivity contribution in [2.75, 3.05) is 67.2 Å². The first-order valence-corrected chi connectivity index (χ1v) is 17.0. The molecule has 3 aromatic carbocycles. The number of nitrogens with zero attached hydrogens (tertiary/aromatic N) is 2. The van der Waals surface area contributed by atoms with E-state index in [0.29, 0.717) is 23.9 Å². The number of rotatable bonds is 14. The van der Waals surface area contributed by atoms with Crippen LogP contribution in [0.15, 0.2) is 65.6 Å². The molecule has 1 fully saturated rings. The van der Waals surface area contributed by atoms with E-state index in [-0.39, 0.29) is 35.9 Å². The number of ether oxygens (including phenoxy) is 4. The summed E-state index contributed by atoms with van der Waals surface area (Å²) in [6.45, 7) is 11.2. The Morgan fingerprint density at radius 2 is 1.45 bits per heavy atom. The molecule has 5 rings (SSSR count). The van der Waals surface area contributed by atoms with Gasteiger partial charge in [-0.2, -0.15) is 0 Å². The van der Waals surface area contributed by atoms with E-state index in [0.717, 1.165) is 81.8 Å². The summed E-state index contributed by atoms with van der Waals surface area (Å²) in [6.07, 6.45) is 3.73. The van der Waals surface area contributed by atoms with E-state index in [9.17, 15) is 5.21 Å². The molecular weight excluding hydrogens is 657 g/mol. The van der Waals surface area contributed by atoms with Gasteiger partial charge in [-0.15, -0.1) is 24.8 Å². The van der Waals surface area contributed by atoms with Crippen molar-refractivity contribution in [3.63, 3.8) is 0 Å². The maximum atomic E-state index is 13.9. The number of thioether (sulfide) groups is 1. The lowest BCUT2D eigenvalue weighted by molar-refractivity contribution is -0.925. The summed E-state index contributed by atoms with van der Waals surface area (Å²) >= 11 is 1.70. The normalized spacial score (nSPS) is 21.1. The number of methoxy groups -OCH3 is 3. The molecule has 0 saturated carbocycles. The fourth-order valence-corrected chi connectivity index (χ4v) is 8.22. The summed E-state index contributed by atoms with van der Waals surface area (Å²) in [5.41, 5.74) is 3.32. The van der Waals surface area contributed by atoms with E-state index >= 15 is 0 Å². The molecule has 0 radical (unpaired) electrons. The summed E-state index contributed by atoms with van der Waals surface area (Å²) in [7, 11) is 4.95. The van der Waals surface area contributed by atoms with Crippen molar-refractivity contribution in [1.29, 1.82) is 0 Å². The lowest BCUT2D eigenvalue weighted by atomic mass is 9.98. The Labute approximate surface area is 297 Å². The second kappa shape index (κ2) is 18.4. The van der Waals surface area contributed by atoms with Crippen LogP contribution in [-0.4, -0.2) is 77.0 Å². The van der Waals surface area contributed by atoms with Crippen LogP contribution in [0.5, 0.6) is 23.0 Å². The average Bonchev–Trinajstić information content (AvgIpc) is 3.09. The van der Waals surface area contributed by atoms with E-state index in [1.54, 1.807) is 33.1 Å². The van der Waals surface area contributed by atoms with Gasteiger partial charge in [-0.05, 0) is 68.6 Å². The number of hydrogen-bond donors (Lipinski definition) is 1. The Hall–Kier alpha value is -2.37. The number of piperazine rings is 1. The molecule has 0 aromatic heterocycles.